The number of nitrogens with zero attached hydrogens (tertiary/aromatic N) is 1. The van der Waals surface area contributed by atoms with Gasteiger partial charge in [-0.25, -0.2) is 4.79 Å². The van der Waals surface area contributed by atoms with E-state index in [9.17, 15) is 9.90 Å². The van der Waals surface area contributed by atoms with Gasteiger partial charge in [-0.2, -0.15) is 0 Å². The number of rotatable bonds is 3. The van der Waals surface area contributed by atoms with E-state index in [4.69, 9.17) is 16.0 Å². The lowest BCUT2D eigenvalue weighted by Gasteiger charge is -2.15. The number of aryl methyl sites for hydroxylation is 1. The summed E-state index contributed by atoms with van der Waals surface area (Å²) in [5.41, 5.74) is 1.42. The molecule has 0 saturated heterocycles. The Bertz CT molecular complexity index is 676. The maximum atomic E-state index is 11.6. The zero-order chi connectivity index (χ0) is 14.2. The first kappa shape index (κ1) is 13.9. The average Bonchev–Trinajstić information content (AvgIpc) is 2.34. The van der Waals surface area contributed by atoms with Gasteiger partial charge < -0.3 is 14.4 Å². The fourth-order valence-corrected chi connectivity index (χ4v) is 2.36. The second kappa shape index (κ2) is 5.23. The summed E-state index contributed by atoms with van der Waals surface area (Å²) in [6, 6.07) is 3.11. The third-order valence-electron chi connectivity index (χ3n) is 3.00. The molecule has 5 heteroatoms. The minimum Gasteiger partial charge on any atom is -0.506 e. The van der Waals surface area contributed by atoms with Gasteiger partial charge in [-0.05, 0) is 32.1 Å². The van der Waals surface area contributed by atoms with Crippen molar-refractivity contribution in [1.29, 1.82) is 0 Å². The van der Waals surface area contributed by atoms with E-state index >= 15 is 0 Å². The van der Waals surface area contributed by atoms with Crippen LogP contribution in [0.1, 0.15) is 18.1 Å². The third kappa shape index (κ3) is 2.60. The molecule has 0 radical (unpaired) electrons. The van der Waals surface area contributed by atoms with Crippen molar-refractivity contribution in [3.8, 4) is 5.75 Å². The molecule has 2 rings (SSSR count). The largest absolute Gasteiger partial charge is 0.506 e. The van der Waals surface area contributed by atoms with E-state index in [2.05, 4.69) is 0 Å². The van der Waals surface area contributed by atoms with E-state index in [1.54, 1.807) is 6.07 Å². The molecule has 1 heterocycles. The second-order valence-corrected chi connectivity index (χ2v) is 5.15. The van der Waals surface area contributed by atoms with Crippen molar-refractivity contribution in [2.24, 2.45) is 0 Å². The highest BCUT2D eigenvalue weighted by Gasteiger charge is 2.17. The molecule has 0 bridgehead atoms. The second-order valence-electron chi connectivity index (χ2n) is 4.74. The van der Waals surface area contributed by atoms with E-state index in [-0.39, 0.29) is 10.8 Å². The van der Waals surface area contributed by atoms with Gasteiger partial charge in [-0.1, -0.05) is 18.5 Å². The molecule has 0 unspecified atom stereocenters. The van der Waals surface area contributed by atoms with Gasteiger partial charge in [0.05, 0.1) is 10.6 Å². The van der Waals surface area contributed by atoms with E-state index in [0.29, 0.717) is 24.1 Å². The summed E-state index contributed by atoms with van der Waals surface area (Å²) in [7, 11) is 3.74. The molecule has 1 aromatic carbocycles. The van der Waals surface area contributed by atoms with Gasteiger partial charge in [0.15, 0.2) is 0 Å². The molecule has 19 heavy (non-hydrogen) atoms. The molecule has 0 amide bonds. The maximum Gasteiger partial charge on any atom is 0.336 e. The zero-order valence-corrected chi connectivity index (χ0v) is 11.9. The molecular weight excluding hydrogens is 266 g/mol. The quantitative estimate of drug-likeness (QED) is 0.879. The van der Waals surface area contributed by atoms with E-state index < -0.39 is 5.63 Å². The SMILES string of the molecule is CCc1cc(=O)oc2c(CN(C)C)c(O)c(Cl)cc12. The van der Waals surface area contributed by atoms with Crippen molar-refractivity contribution in [1.82, 2.24) is 4.90 Å². The van der Waals surface area contributed by atoms with Crippen molar-refractivity contribution < 1.29 is 9.52 Å². The molecule has 2 aromatic rings. The topological polar surface area (TPSA) is 53.7 Å². The van der Waals surface area contributed by atoms with Gasteiger partial charge in [0.25, 0.3) is 0 Å². The fraction of sp³-hybridized carbons (Fsp3) is 0.357. The summed E-state index contributed by atoms with van der Waals surface area (Å²) in [5, 5.41) is 11.1. The Hall–Kier alpha value is -1.52. The number of phenols is 1. The van der Waals surface area contributed by atoms with Gasteiger partial charge in [-0.15, -0.1) is 0 Å². The van der Waals surface area contributed by atoms with Crippen LogP contribution in [0.4, 0.5) is 0 Å². The average molecular weight is 282 g/mol. The third-order valence-corrected chi connectivity index (χ3v) is 3.29. The van der Waals surface area contributed by atoms with Crippen LogP contribution in [0.15, 0.2) is 21.3 Å². The van der Waals surface area contributed by atoms with Crippen molar-refractivity contribution >= 4 is 22.6 Å². The van der Waals surface area contributed by atoms with Gasteiger partial charge in [0.2, 0.25) is 0 Å². The summed E-state index contributed by atoms with van der Waals surface area (Å²) in [5.74, 6) is -0.0285. The first-order valence-electron chi connectivity index (χ1n) is 6.05. The van der Waals surface area contributed by atoms with Crippen LogP contribution in [0.25, 0.3) is 11.0 Å². The molecule has 0 aliphatic heterocycles. The number of fused-ring (bicyclic) bond motifs is 1. The lowest BCUT2D eigenvalue weighted by molar-refractivity contribution is 0.383. The number of benzene rings is 1. The van der Waals surface area contributed by atoms with E-state index in [1.165, 1.54) is 6.07 Å². The molecular formula is C14H16ClNO3. The molecule has 4 nitrogen and oxygen atoms in total. The number of hydrogen-bond acceptors (Lipinski definition) is 4. The molecule has 1 aromatic heterocycles. The Morgan fingerprint density at radius 1 is 1.37 bits per heavy atom. The molecule has 0 atom stereocenters. The van der Waals surface area contributed by atoms with Crippen molar-refractivity contribution in [3.05, 3.63) is 38.7 Å². The Morgan fingerprint density at radius 3 is 2.63 bits per heavy atom. The standard InChI is InChI=1S/C14H16ClNO3/c1-4-8-5-12(17)19-14-9(8)6-11(15)13(18)10(14)7-16(2)3/h5-6,18H,4,7H2,1-3H3. The highest BCUT2D eigenvalue weighted by Crippen LogP contribution is 2.36. The maximum absolute atomic E-state index is 11.6. The summed E-state index contributed by atoms with van der Waals surface area (Å²) in [4.78, 5) is 13.5. The highest BCUT2D eigenvalue weighted by molar-refractivity contribution is 6.33. The molecule has 1 N–H and O–H groups in total. The Labute approximate surface area is 116 Å². The Balaban J connectivity index is 2.87. The van der Waals surface area contributed by atoms with Crippen molar-refractivity contribution in [3.63, 3.8) is 0 Å². The number of phenolic OH excluding ortho intramolecular Hbond substituents is 1. The van der Waals surface area contributed by atoms with Crippen molar-refractivity contribution in [2.45, 2.75) is 19.9 Å². The summed E-state index contributed by atoms with van der Waals surface area (Å²) >= 11 is 6.06. The van der Waals surface area contributed by atoms with Crippen LogP contribution in [0.2, 0.25) is 5.02 Å². The van der Waals surface area contributed by atoms with Gasteiger partial charge in [0, 0.05) is 18.0 Å². The van der Waals surface area contributed by atoms with Crippen LogP contribution in [-0.2, 0) is 13.0 Å². The van der Waals surface area contributed by atoms with Gasteiger partial charge >= 0.3 is 5.63 Å². The van der Waals surface area contributed by atoms with Gasteiger partial charge in [0.1, 0.15) is 11.3 Å². The van der Waals surface area contributed by atoms with Crippen molar-refractivity contribution in [2.75, 3.05) is 14.1 Å². The van der Waals surface area contributed by atoms with Crippen LogP contribution in [-0.4, -0.2) is 24.1 Å². The number of hydrogen-bond donors (Lipinski definition) is 1. The van der Waals surface area contributed by atoms with Crippen LogP contribution >= 0.6 is 11.6 Å². The summed E-state index contributed by atoms with van der Waals surface area (Å²) in [6.45, 7) is 2.40. The van der Waals surface area contributed by atoms with Crippen LogP contribution in [0.5, 0.6) is 5.75 Å². The lowest BCUT2D eigenvalue weighted by Crippen LogP contribution is -2.12. The molecule has 0 spiro atoms. The smallest absolute Gasteiger partial charge is 0.336 e. The van der Waals surface area contributed by atoms with Crippen LogP contribution < -0.4 is 5.63 Å². The normalized spacial score (nSPS) is 11.4. The number of aromatic hydroxyl groups is 1. The zero-order valence-electron chi connectivity index (χ0n) is 11.2. The molecule has 102 valence electrons. The Kier molecular flexibility index (Phi) is 3.83. The summed E-state index contributed by atoms with van der Waals surface area (Å²) in [6.07, 6.45) is 0.699. The summed E-state index contributed by atoms with van der Waals surface area (Å²) < 4.78 is 5.27. The molecule has 0 fully saturated rings. The monoisotopic (exact) mass is 281 g/mol. The minimum absolute atomic E-state index is 0.0285. The first-order valence-corrected chi connectivity index (χ1v) is 6.43. The molecule has 0 aliphatic rings. The predicted molar refractivity (Wildman–Crippen MR) is 75.9 cm³/mol. The van der Waals surface area contributed by atoms with E-state index in [1.807, 2.05) is 25.9 Å². The first-order chi connectivity index (χ1) is 8.93. The molecule has 0 aliphatic carbocycles. The number of halogens is 1. The highest BCUT2D eigenvalue weighted by atomic mass is 35.5. The fourth-order valence-electron chi connectivity index (χ4n) is 2.14. The van der Waals surface area contributed by atoms with Crippen LogP contribution in [0, 0.1) is 0 Å². The molecule has 0 saturated carbocycles. The Morgan fingerprint density at radius 2 is 2.05 bits per heavy atom. The van der Waals surface area contributed by atoms with Crippen LogP contribution in [0.3, 0.4) is 0 Å². The minimum atomic E-state index is -0.411. The van der Waals surface area contributed by atoms with E-state index in [0.717, 1.165) is 10.9 Å². The predicted octanol–water partition coefficient (Wildman–Crippen LogP) is 2.78. The van der Waals surface area contributed by atoms with Gasteiger partial charge in [-0.3, -0.25) is 0 Å². The lowest BCUT2D eigenvalue weighted by atomic mass is 10.0.